The van der Waals surface area contributed by atoms with Crippen molar-refractivity contribution in [2.45, 2.75) is 6.92 Å². The first-order valence-corrected chi connectivity index (χ1v) is 12.7. The van der Waals surface area contributed by atoms with Crippen LogP contribution in [0, 0.1) is 6.92 Å². The first kappa shape index (κ1) is 21.5. The lowest BCUT2D eigenvalue weighted by Gasteiger charge is -2.17. The first-order chi connectivity index (χ1) is 18.3. The Morgan fingerprint density at radius 3 is 1.59 bits per heavy atom. The monoisotopic (exact) mass is 471 g/mol. The maximum Gasteiger partial charge on any atom is 0.0717 e. The summed E-state index contributed by atoms with van der Waals surface area (Å²) in [5.74, 6) is 0. The van der Waals surface area contributed by atoms with Crippen LogP contribution in [0.3, 0.4) is 0 Å². The van der Waals surface area contributed by atoms with E-state index in [1.54, 1.807) is 0 Å². The highest BCUT2D eigenvalue weighted by molar-refractivity contribution is 6.21. The highest BCUT2D eigenvalue weighted by atomic mass is 14.7. The van der Waals surface area contributed by atoms with Crippen LogP contribution in [0.5, 0.6) is 0 Å². The average molecular weight is 472 g/mol. The third kappa shape index (κ3) is 3.68. The van der Waals surface area contributed by atoms with Gasteiger partial charge in [-0.15, -0.1) is 0 Å². The maximum atomic E-state index is 4.91. The highest BCUT2D eigenvalue weighted by Crippen LogP contribution is 2.43. The van der Waals surface area contributed by atoms with Crippen LogP contribution in [0.4, 0.5) is 0 Å². The smallest absolute Gasteiger partial charge is 0.0717 e. The highest BCUT2D eigenvalue weighted by Gasteiger charge is 2.17. The fraction of sp³-hybridized carbons (Fsp3) is 0.0278. The quantitative estimate of drug-likeness (QED) is 0.234. The minimum atomic E-state index is 1.02. The molecule has 0 radical (unpaired) electrons. The van der Waals surface area contributed by atoms with Crippen molar-refractivity contribution in [3.63, 3.8) is 0 Å². The Bertz CT molecular complexity index is 1870. The third-order valence-corrected chi connectivity index (χ3v) is 7.33. The topological polar surface area (TPSA) is 12.9 Å². The molecule has 0 aliphatic rings. The molecule has 0 aliphatic carbocycles. The molecule has 0 bridgehead atoms. The van der Waals surface area contributed by atoms with Crippen LogP contribution in [-0.2, 0) is 0 Å². The van der Waals surface area contributed by atoms with Crippen molar-refractivity contribution in [3.8, 4) is 33.5 Å². The molecule has 1 heterocycles. The van der Waals surface area contributed by atoms with Crippen LogP contribution in [0.15, 0.2) is 133 Å². The largest absolute Gasteiger partial charge is 0.253 e. The van der Waals surface area contributed by atoms with Gasteiger partial charge in [-0.2, -0.15) is 0 Å². The van der Waals surface area contributed by atoms with Gasteiger partial charge in [0.2, 0.25) is 0 Å². The number of hydrogen-bond donors (Lipinski definition) is 0. The number of benzene rings is 6. The van der Waals surface area contributed by atoms with Crippen LogP contribution in [-0.4, -0.2) is 4.98 Å². The van der Waals surface area contributed by atoms with E-state index in [1.165, 1.54) is 60.1 Å². The van der Waals surface area contributed by atoms with Gasteiger partial charge in [0.25, 0.3) is 0 Å². The predicted molar refractivity (Wildman–Crippen MR) is 158 cm³/mol. The molecule has 0 aliphatic heterocycles. The summed E-state index contributed by atoms with van der Waals surface area (Å²) in [6.07, 6.45) is 0. The van der Waals surface area contributed by atoms with Crippen LogP contribution < -0.4 is 0 Å². The van der Waals surface area contributed by atoms with Crippen LogP contribution in [0.2, 0.25) is 0 Å². The molecule has 0 spiro atoms. The van der Waals surface area contributed by atoms with Crippen molar-refractivity contribution in [2.75, 3.05) is 0 Å². The minimum absolute atomic E-state index is 1.02. The van der Waals surface area contributed by atoms with Gasteiger partial charge in [0, 0.05) is 11.3 Å². The van der Waals surface area contributed by atoms with Gasteiger partial charge < -0.3 is 0 Å². The zero-order chi connectivity index (χ0) is 24.8. The van der Waals surface area contributed by atoms with E-state index in [0.717, 1.165) is 11.4 Å². The Labute approximate surface area is 216 Å². The molecule has 0 saturated heterocycles. The van der Waals surface area contributed by atoms with E-state index < -0.39 is 0 Å². The molecule has 0 N–H and O–H groups in total. The second-order valence-electron chi connectivity index (χ2n) is 9.64. The van der Waals surface area contributed by atoms with Gasteiger partial charge in [-0.05, 0) is 79.7 Å². The second kappa shape index (κ2) is 8.72. The molecular weight excluding hydrogens is 446 g/mol. The molecule has 0 saturated carbocycles. The second-order valence-corrected chi connectivity index (χ2v) is 9.64. The summed E-state index contributed by atoms with van der Waals surface area (Å²) in [5.41, 5.74) is 8.20. The number of hydrogen-bond acceptors (Lipinski definition) is 1. The standard InChI is InChI=1S/C36H25N/c1-24-9-8-16-34(37-24)36-32-14-6-4-12-30(32)35(31-13-5-7-15-33(31)36)27-20-17-26(18-21-27)29-22-19-25-10-2-3-11-28(25)23-29/h2-23H,1H3. The molecule has 1 heteroatoms. The van der Waals surface area contributed by atoms with E-state index in [9.17, 15) is 0 Å². The number of aromatic nitrogens is 1. The van der Waals surface area contributed by atoms with Crippen LogP contribution in [0.1, 0.15) is 5.69 Å². The molecule has 0 unspecified atom stereocenters. The summed E-state index contributed by atoms with van der Waals surface area (Å²) in [5, 5.41) is 7.49. The predicted octanol–water partition coefficient (Wildman–Crippen LogP) is 9.85. The summed E-state index contributed by atoms with van der Waals surface area (Å²) < 4.78 is 0. The summed E-state index contributed by atoms with van der Waals surface area (Å²) in [6.45, 7) is 2.05. The van der Waals surface area contributed by atoms with Gasteiger partial charge in [0.15, 0.2) is 0 Å². The number of pyridine rings is 1. The van der Waals surface area contributed by atoms with Gasteiger partial charge in [0.05, 0.1) is 5.69 Å². The molecule has 6 aromatic carbocycles. The van der Waals surface area contributed by atoms with Gasteiger partial charge in [-0.1, -0.05) is 115 Å². The van der Waals surface area contributed by atoms with E-state index in [2.05, 4.69) is 140 Å². The summed E-state index contributed by atoms with van der Waals surface area (Å²) in [6, 6.07) is 48.0. The SMILES string of the molecule is Cc1cccc(-c2c3ccccc3c(-c3ccc(-c4ccc5ccccc5c4)cc3)c3ccccc23)n1. The van der Waals surface area contributed by atoms with Crippen molar-refractivity contribution >= 4 is 32.3 Å². The molecule has 0 atom stereocenters. The Morgan fingerprint density at radius 1 is 0.405 bits per heavy atom. The molecular formula is C36H25N. The fourth-order valence-corrected chi connectivity index (χ4v) is 5.60. The lowest BCUT2D eigenvalue weighted by molar-refractivity contribution is 1.21. The first-order valence-electron chi connectivity index (χ1n) is 12.7. The molecule has 0 fully saturated rings. The van der Waals surface area contributed by atoms with Crippen molar-refractivity contribution in [2.24, 2.45) is 0 Å². The van der Waals surface area contributed by atoms with Crippen molar-refractivity contribution in [3.05, 3.63) is 139 Å². The van der Waals surface area contributed by atoms with E-state index in [4.69, 9.17) is 4.98 Å². The van der Waals surface area contributed by atoms with Crippen LogP contribution >= 0.6 is 0 Å². The van der Waals surface area contributed by atoms with E-state index in [0.29, 0.717) is 0 Å². The van der Waals surface area contributed by atoms with Crippen molar-refractivity contribution < 1.29 is 0 Å². The molecule has 37 heavy (non-hydrogen) atoms. The Morgan fingerprint density at radius 2 is 0.946 bits per heavy atom. The zero-order valence-corrected chi connectivity index (χ0v) is 20.6. The minimum Gasteiger partial charge on any atom is -0.253 e. The van der Waals surface area contributed by atoms with Crippen LogP contribution in [0.25, 0.3) is 65.8 Å². The molecule has 7 aromatic rings. The lowest BCUT2D eigenvalue weighted by atomic mass is 9.87. The number of fused-ring (bicyclic) bond motifs is 3. The van der Waals surface area contributed by atoms with Crippen molar-refractivity contribution in [1.29, 1.82) is 0 Å². The Balaban J connectivity index is 1.44. The van der Waals surface area contributed by atoms with Gasteiger partial charge in [0.1, 0.15) is 0 Å². The third-order valence-electron chi connectivity index (χ3n) is 7.33. The zero-order valence-electron chi connectivity index (χ0n) is 20.6. The molecule has 7 rings (SSSR count). The van der Waals surface area contributed by atoms with E-state index in [1.807, 2.05) is 0 Å². The van der Waals surface area contributed by atoms with E-state index in [-0.39, 0.29) is 0 Å². The summed E-state index contributed by atoms with van der Waals surface area (Å²) in [7, 11) is 0. The number of rotatable bonds is 3. The Hall–Kier alpha value is -4.75. The van der Waals surface area contributed by atoms with Crippen molar-refractivity contribution in [1.82, 2.24) is 4.98 Å². The number of nitrogens with zero attached hydrogens (tertiary/aromatic N) is 1. The average Bonchev–Trinajstić information content (AvgIpc) is 2.95. The summed E-state index contributed by atoms with van der Waals surface area (Å²) >= 11 is 0. The lowest BCUT2D eigenvalue weighted by Crippen LogP contribution is -1.93. The molecule has 0 amide bonds. The van der Waals surface area contributed by atoms with Gasteiger partial charge in [-0.3, -0.25) is 4.98 Å². The number of aryl methyl sites for hydroxylation is 1. The van der Waals surface area contributed by atoms with Gasteiger partial charge in [-0.25, -0.2) is 0 Å². The summed E-state index contributed by atoms with van der Waals surface area (Å²) in [4.78, 5) is 4.91. The van der Waals surface area contributed by atoms with Gasteiger partial charge >= 0.3 is 0 Å². The fourth-order valence-electron chi connectivity index (χ4n) is 5.60. The van der Waals surface area contributed by atoms with E-state index >= 15 is 0 Å². The normalized spacial score (nSPS) is 11.4. The Kier molecular flexibility index (Phi) is 5.08. The molecule has 1 nitrogen and oxygen atoms in total. The maximum absolute atomic E-state index is 4.91. The molecule has 174 valence electrons. The molecule has 1 aromatic heterocycles.